The van der Waals surface area contributed by atoms with Crippen LogP contribution in [0.5, 0.6) is 5.75 Å². The summed E-state index contributed by atoms with van der Waals surface area (Å²) in [5.74, 6) is 1.39. The van der Waals surface area contributed by atoms with E-state index in [0.29, 0.717) is 30.3 Å². The molecule has 3 aliphatic rings. The number of hydrogen-bond donors (Lipinski definition) is 0. The highest BCUT2D eigenvalue weighted by Crippen LogP contribution is 2.46. The van der Waals surface area contributed by atoms with Gasteiger partial charge in [0.2, 0.25) is 0 Å². The molecule has 0 bridgehead atoms. The smallest absolute Gasteiger partial charge is 0.261 e. The minimum Gasteiger partial charge on any atom is -0.497 e. The molecule has 7 aromatic carbocycles. The third-order valence-corrected chi connectivity index (χ3v) is 23.8. The molecule has 7 aromatic rings. The van der Waals surface area contributed by atoms with Crippen LogP contribution < -0.4 is 15.1 Å². The molecule has 15 heteroatoms. The van der Waals surface area contributed by atoms with Crippen molar-refractivity contribution in [3.05, 3.63) is 234 Å². The summed E-state index contributed by atoms with van der Waals surface area (Å²) >= 11 is 1.66. The van der Waals surface area contributed by atoms with Gasteiger partial charge in [-0.25, -0.2) is 0 Å². The van der Waals surface area contributed by atoms with Crippen LogP contribution >= 0.6 is 11.8 Å². The summed E-state index contributed by atoms with van der Waals surface area (Å²) in [6.45, 7) is 17.8. The molecule has 3 aliphatic heterocycles. The minimum atomic E-state index is -3.39. The highest BCUT2D eigenvalue weighted by Gasteiger charge is 2.59. The Morgan fingerprint density at radius 2 is 1.08 bits per heavy atom. The zero-order valence-corrected chi connectivity index (χ0v) is 53.8. The number of ether oxygens (including phenoxy) is 11. The van der Waals surface area contributed by atoms with E-state index in [-0.39, 0.29) is 26.4 Å². The lowest BCUT2D eigenvalue weighted by Gasteiger charge is -2.54. The van der Waals surface area contributed by atoms with E-state index >= 15 is 0 Å². The molecule has 456 valence electrons. The van der Waals surface area contributed by atoms with Crippen molar-refractivity contribution >= 4 is 38.5 Å². The summed E-state index contributed by atoms with van der Waals surface area (Å²) in [5, 5.41) is 1.82. The number of hydrogen-bond acceptors (Lipinski definition) is 13. The normalized spacial score (nSPS) is 24.8. The topological polar surface area (TPSA) is 111 Å². The zero-order valence-electron chi connectivity index (χ0n) is 51.0. The van der Waals surface area contributed by atoms with Gasteiger partial charge in [0.05, 0.1) is 40.1 Å². The molecule has 0 unspecified atom stereocenters. The summed E-state index contributed by atoms with van der Waals surface area (Å²) in [7, 11) is -3.29. The Morgan fingerprint density at radius 3 is 1.62 bits per heavy atom. The van der Waals surface area contributed by atoms with E-state index in [4.69, 9.17) is 56.5 Å². The Balaban J connectivity index is 1.12. The fourth-order valence-electron chi connectivity index (χ4n) is 11.6. The van der Waals surface area contributed by atoms with E-state index < -0.39 is 94.6 Å². The Hall–Kier alpha value is -5.32. The molecule has 0 amide bonds. The molecule has 0 spiro atoms. The number of fused-ring (bicyclic) bond motifs is 1. The fourth-order valence-corrected chi connectivity index (χ4v) is 18.0. The SMILES string of the molecule is CCS[C@H]1O[C@@H]2CO[C@@H](c3ccccc3)O[C@H]2[C@H](O[Si](c2ccccc2)(c2ccccc2)C(C)(C)C)[C@@H]1O[C@@H](O[C@H]1[C@H](OCc2ccccc2)[C@@H](OCc2ccccc2)[C@H](OCC[Si](C)(C)C)O[C@@H]1COCc1ccccc1)c1ccc(OC)cc1. The third-order valence-electron chi connectivity index (χ3n) is 16.1. The summed E-state index contributed by atoms with van der Waals surface area (Å²) in [4.78, 5) is 0. The standard InChI is InChI=1S/C71H86O12SSi2/c1-9-84-70-66(64(62-60(79-70)50-77-67(80-62)54-34-22-13-23-35-54)83-86(71(2,3)4,57-36-24-14-25-37-57)58-38-26-15-27-39-58)82-68(55-40-42-56(72-5)43-41-55)81-61-59(49-73-46-51-28-16-10-17-29-51)78-69(74-44-45-85(6,7)8)65(76-48-53-32-20-12-21-33-53)63(61)75-47-52-30-18-11-19-31-52/h10-43,59-70H,9,44-50H2,1-8H3/t59-,60-,61-,62-,63+,64+,65-,66+,67-,68-,69-,70-/m1/s1. The van der Waals surface area contributed by atoms with Crippen molar-refractivity contribution in [2.45, 2.75) is 151 Å². The van der Waals surface area contributed by atoms with Gasteiger partial charge in [-0.1, -0.05) is 241 Å². The molecular weight excluding hydrogens is 1130 g/mol. The maximum absolute atomic E-state index is 8.37. The first-order chi connectivity index (χ1) is 41.8. The molecule has 12 nitrogen and oxygen atoms in total. The second-order valence-electron chi connectivity index (χ2n) is 24.5. The van der Waals surface area contributed by atoms with Crippen molar-refractivity contribution < 1.29 is 56.5 Å². The molecule has 3 fully saturated rings. The summed E-state index contributed by atoms with van der Waals surface area (Å²) in [5.41, 5.74) is 4.02. The average Bonchev–Trinajstić information content (AvgIpc) is 1.42. The van der Waals surface area contributed by atoms with Gasteiger partial charge < -0.3 is 56.5 Å². The van der Waals surface area contributed by atoms with Gasteiger partial charge in [0, 0.05) is 25.8 Å². The molecule has 0 radical (unpaired) electrons. The van der Waals surface area contributed by atoms with Gasteiger partial charge in [-0.3, -0.25) is 0 Å². The van der Waals surface area contributed by atoms with Crippen LogP contribution in [0, 0.1) is 0 Å². The summed E-state index contributed by atoms with van der Waals surface area (Å²) in [6, 6.07) is 70.7. The van der Waals surface area contributed by atoms with Gasteiger partial charge in [-0.05, 0) is 56.0 Å². The number of rotatable bonds is 27. The molecule has 3 saturated heterocycles. The maximum Gasteiger partial charge on any atom is 0.261 e. The maximum atomic E-state index is 8.37. The fraction of sp³-hybridized carbons (Fsp3) is 0.408. The van der Waals surface area contributed by atoms with E-state index in [9.17, 15) is 0 Å². The van der Waals surface area contributed by atoms with Crippen molar-refractivity contribution in [2.24, 2.45) is 0 Å². The number of benzene rings is 7. The van der Waals surface area contributed by atoms with Crippen molar-refractivity contribution in [3.8, 4) is 5.75 Å². The van der Waals surface area contributed by atoms with Crippen LogP contribution in [0.15, 0.2) is 206 Å². The molecule has 0 aromatic heterocycles. The molecule has 0 N–H and O–H groups in total. The molecule has 0 aliphatic carbocycles. The summed E-state index contributed by atoms with van der Waals surface area (Å²) in [6.07, 6.45) is -8.70. The van der Waals surface area contributed by atoms with E-state index in [2.05, 4.69) is 144 Å². The lowest BCUT2D eigenvalue weighted by molar-refractivity contribution is -0.360. The Bertz CT molecular complexity index is 3030. The summed E-state index contributed by atoms with van der Waals surface area (Å²) < 4.78 is 86.4. The Labute approximate surface area is 516 Å². The van der Waals surface area contributed by atoms with Crippen molar-refractivity contribution in [3.63, 3.8) is 0 Å². The van der Waals surface area contributed by atoms with Gasteiger partial charge in [-0.15, -0.1) is 11.8 Å². The molecule has 0 saturated carbocycles. The van der Waals surface area contributed by atoms with Gasteiger partial charge in [0.1, 0.15) is 60.0 Å². The minimum absolute atomic E-state index is 0.123. The largest absolute Gasteiger partial charge is 0.497 e. The van der Waals surface area contributed by atoms with Crippen LogP contribution in [0.1, 0.15) is 68.1 Å². The van der Waals surface area contributed by atoms with Gasteiger partial charge in [0.25, 0.3) is 8.32 Å². The zero-order chi connectivity index (χ0) is 59.9. The molecule has 12 atom stereocenters. The lowest BCUT2D eigenvalue weighted by Crippen LogP contribution is -2.72. The average molecular weight is 1220 g/mol. The van der Waals surface area contributed by atoms with Crippen LogP contribution in [0.3, 0.4) is 0 Å². The van der Waals surface area contributed by atoms with Gasteiger partial charge >= 0.3 is 0 Å². The lowest BCUT2D eigenvalue weighted by atomic mass is 9.97. The molecule has 3 heterocycles. The number of methoxy groups -OCH3 is 1. The Morgan fingerprint density at radius 1 is 0.558 bits per heavy atom. The van der Waals surface area contributed by atoms with Gasteiger partial charge in [0.15, 0.2) is 18.9 Å². The van der Waals surface area contributed by atoms with Crippen LogP contribution in [0.4, 0.5) is 0 Å². The first-order valence-corrected chi connectivity index (χ1v) is 37.0. The highest BCUT2D eigenvalue weighted by atomic mass is 32.2. The van der Waals surface area contributed by atoms with E-state index in [0.717, 1.165) is 38.7 Å². The second kappa shape index (κ2) is 30.3. The second-order valence-corrected chi connectivity index (χ2v) is 35.7. The van der Waals surface area contributed by atoms with Crippen molar-refractivity contribution in [1.82, 2.24) is 0 Å². The predicted octanol–water partition coefficient (Wildman–Crippen LogP) is 13.5. The van der Waals surface area contributed by atoms with Crippen LogP contribution in [-0.4, -0.2) is 110 Å². The van der Waals surface area contributed by atoms with Gasteiger partial charge in [-0.2, -0.15) is 0 Å². The Kier molecular flexibility index (Phi) is 22.4. The van der Waals surface area contributed by atoms with E-state index in [1.54, 1.807) is 18.9 Å². The first kappa shape index (κ1) is 63.7. The van der Waals surface area contributed by atoms with E-state index in [1.165, 1.54) is 0 Å². The van der Waals surface area contributed by atoms with Crippen LogP contribution in [0.2, 0.25) is 30.7 Å². The highest BCUT2D eigenvalue weighted by molar-refractivity contribution is 7.99. The quantitative estimate of drug-likeness (QED) is 0.0360. The molecule has 86 heavy (non-hydrogen) atoms. The van der Waals surface area contributed by atoms with E-state index in [1.807, 2.05) is 109 Å². The third kappa shape index (κ3) is 16.1. The van der Waals surface area contributed by atoms with Crippen molar-refractivity contribution in [1.29, 1.82) is 0 Å². The van der Waals surface area contributed by atoms with Crippen LogP contribution in [-0.2, 0) is 71.6 Å². The number of thioether (sulfide) groups is 1. The van der Waals surface area contributed by atoms with Crippen molar-refractivity contribution in [2.75, 3.05) is 32.7 Å². The van der Waals surface area contributed by atoms with Crippen LogP contribution in [0.25, 0.3) is 0 Å². The predicted molar refractivity (Wildman–Crippen MR) is 344 cm³/mol. The molecular formula is C71H86O12SSi2. The monoisotopic (exact) mass is 1220 g/mol. The first-order valence-electron chi connectivity index (χ1n) is 30.3. The molecule has 10 rings (SSSR count).